The van der Waals surface area contributed by atoms with Crippen molar-refractivity contribution in [2.75, 3.05) is 0 Å². The molecule has 0 bridgehead atoms. The lowest BCUT2D eigenvalue weighted by molar-refractivity contribution is -0.116. The topological polar surface area (TPSA) is 58.6 Å². The van der Waals surface area contributed by atoms with Crippen LogP contribution in [0.1, 0.15) is 73.1 Å². The summed E-state index contributed by atoms with van der Waals surface area (Å²) in [5, 5.41) is 13.7. The van der Waals surface area contributed by atoms with Gasteiger partial charge in [0.2, 0.25) is 5.78 Å². The smallest absolute Gasteiger partial charge is 0.226 e. The largest absolute Gasteiger partial charge is 0.504 e. The molecule has 4 heteroatoms. The van der Waals surface area contributed by atoms with E-state index in [1.807, 2.05) is 13.8 Å². The minimum absolute atomic E-state index is 0.0212. The Labute approximate surface area is 169 Å². The molecule has 0 radical (unpaired) electrons. The van der Waals surface area contributed by atoms with Crippen molar-refractivity contribution in [3.05, 3.63) is 35.3 Å². The second kappa shape index (κ2) is 6.22. The Morgan fingerprint density at radius 3 is 2.71 bits per heavy atom. The fourth-order valence-corrected chi connectivity index (χ4v) is 6.49. The van der Waals surface area contributed by atoms with E-state index in [1.165, 1.54) is 24.8 Å². The minimum Gasteiger partial charge on any atom is -0.504 e. The first-order valence-corrected chi connectivity index (χ1v) is 10.8. The highest BCUT2D eigenvalue weighted by Gasteiger charge is 2.55. The summed E-state index contributed by atoms with van der Waals surface area (Å²) < 4.78 is 6.16. The SMILES string of the molecule is C=C1CCCC2C1(C)CCC(C)C2(C)CC1=C2OC(C)(C)NC2C=C(O)C1=O. The number of nitrogens with one attached hydrogen (secondary N) is 1. The highest BCUT2D eigenvalue weighted by Crippen LogP contribution is 2.63. The van der Waals surface area contributed by atoms with Crippen LogP contribution in [0.4, 0.5) is 0 Å². The van der Waals surface area contributed by atoms with E-state index < -0.39 is 5.72 Å². The zero-order chi connectivity index (χ0) is 20.5. The zero-order valence-corrected chi connectivity index (χ0v) is 18.0. The normalized spacial score (nSPS) is 42.6. The number of hydrogen-bond donors (Lipinski definition) is 2. The van der Waals surface area contributed by atoms with E-state index in [4.69, 9.17) is 4.74 Å². The molecule has 1 saturated heterocycles. The van der Waals surface area contributed by atoms with Crippen LogP contribution in [0.25, 0.3) is 0 Å². The molecule has 0 aromatic rings. The monoisotopic (exact) mass is 385 g/mol. The van der Waals surface area contributed by atoms with Crippen LogP contribution in [0.3, 0.4) is 0 Å². The maximum absolute atomic E-state index is 13.0. The number of rotatable bonds is 2. The minimum atomic E-state index is -0.542. The number of aliphatic hydroxyl groups is 1. The lowest BCUT2D eigenvalue weighted by Gasteiger charge is -2.59. The number of ether oxygens (including phenoxy) is 1. The maximum atomic E-state index is 13.0. The molecule has 4 aliphatic rings. The number of carbonyl (C=O) groups is 1. The molecule has 5 atom stereocenters. The molecular weight excluding hydrogens is 350 g/mol. The summed E-state index contributed by atoms with van der Waals surface area (Å²) >= 11 is 0. The van der Waals surface area contributed by atoms with Crippen molar-refractivity contribution in [1.29, 1.82) is 0 Å². The van der Waals surface area contributed by atoms with E-state index in [0.29, 0.717) is 29.6 Å². The van der Waals surface area contributed by atoms with Gasteiger partial charge in [-0.1, -0.05) is 32.9 Å². The standard InChI is InChI=1S/C24H35NO3/c1-14-8-7-9-19-23(14,5)11-10-15(2)24(19,6)13-16-20(27)18(26)12-17-21(16)28-22(3,4)25-17/h12,15,17,19,25-26H,1,7-11,13H2,2-6H3. The van der Waals surface area contributed by atoms with E-state index in [-0.39, 0.29) is 28.4 Å². The van der Waals surface area contributed by atoms with E-state index in [2.05, 4.69) is 32.7 Å². The Morgan fingerprint density at radius 1 is 1.29 bits per heavy atom. The van der Waals surface area contributed by atoms with Gasteiger partial charge >= 0.3 is 0 Å². The van der Waals surface area contributed by atoms with E-state index in [9.17, 15) is 9.90 Å². The van der Waals surface area contributed by atoms with Gasteiger partial charge < -0.3 is 9.84 Å². The highest BCUT2D eigenvalue weighted by atomic mass is 16.5. The molecule has 0 amide bonds. The van der Waals surface area contributed by atoms with Crippen LogP contribution in [-0.4, -0.2) is 22.7 Å². The first-order chi connectivity index (χ1) is 13.0. The molecular formula is C24H35NO3. The van der Waals surface area contributed by atoms with Crippen LogP contribution in [0.5, 0.6) is 0 Å². The molecule has 0 aromatic carbocycles. The lowest BCUT2D eigenvalue weighted by Crippen LogP contribution is -2.51. The first-order valence-electron chi connectivity index (χ1n) is 10.8. The van der Waals surface area contributed by atoms with Crippen LogP contribution in [-0.2, 0) is 9.53 Å². The molecule has 0 spiro atoms. The van der Waals surface area contributed by atoms with Crippen molar-refractivity contribution in [1.82, 2.24) is 5.32 Å². The number of fused-ring (bicyclic) bond motifs is 2. The summed E-state index contributed by atoms with van der Waals surface area (Å²) in [6.07, 6.45) is 8.07. The molecule has 3 fully saturated rings. The van der Waals surface area contributed by atoms with Crippen molar-refractivity contribution >= 4 is 5.78 Å². The maximum Gasteiger partial charge on any atom is 0.226 e. The predicted octanol–water partition coefficient (Wildman–Crippen LogP) is 5.18. The summed E-state index contributed by atoms with van der Waals surface area (Å²) in [7, 11) is 0. The molecule has 2 N–H and O–H groups in total. The Hall–Kier alpha value is -1.55. The fraction of sp³-hybridized carbons (Fsp3) is 0.708. The van der Waals surface area contributed by atoms with Gasteiger partial charge in [0.1, 0.15) is 5.76 Å². The number of allylic oxidation sites excluding steroid dienone is 2. The van der Waals surface area contributed by atoms with Crippen LogP contribution in [0.2, 0.25) is 0 Å². The zero-order valence-electron chi connectivity index (χ0n) is 18.0. The van der Waals surface area contributed by atoms with Crippen molar-refractivity contribution < 1.29 is 14.6 Å². The summed E-state index contributed by atoms with van der Waals surface area (Å²) in [5.41, 5.74) is 1.63. The third-order valence-corrected chi connectivity index (χ3v) is 8.40. The molecule has 154 valence electrons. The number of Topliss-reactive ketones (excluding diaryl/α,β-unsaturated/α-hetero) is 1. The molecule has 4 nitrogen and oxygen atoms in total. The Bertz CT molecular complexity index is 792. The van der Waals surface area contributed by atoms with Gasteiger partial charge in [-0.15, -0.1) is 0 Å². The molecule has 3 aliphatic carbocycles. The summed E-state index contributed by atoms with van der Waals surface area (Å²) in [6, 6.07) is -0.224. The van der Waals surface area contributed by atoms with Crippen LogP contribution in [0, 0.1) is 22.7 Å². The number of ketones is 1. The average molecular weight is 386 g/mol. The molecule has 1 heterocycles. The fourth-order valence-electron chi connectivity index (χ4n) is 6.49. The third-order valence-electron chi connectivity index (χ3n) is 8.40. The van der Waals surface area contributed by atoms with Gasteiger partial charge in [0, 0.05) is 5.57 Å². The lowest BCUT2D eigenvalue weighted by atomic mass is 9.46. The Morgan fingerprint density at radius 2 is 2.00 bits per heavy atom. The van der Waals surface area contributed by atoms with Gasteiger partial charge in [-0.25, -0.2) is 0 Å². The Kier molecular flexibility index (Phi) is 4.39. The molecule has 0 aromatic heterocycles. The van der Waals surface area contributed by atoms with E-state index in [0.717, 1.165) is 12.8 Å². The molecule has 2 saturated carbocycles. The summed E-state index contributed by atoms with van der Waals surface area (Å²) in [5.74, 6) is 1.30. The number of carbonyl (C=O) groups excluding carboxylic acids is 1. The van der Waals surface area contributed by atoms with Crippen molar-refractivity contribution in [2.45, 2.75) is 84.9 Å². The number of aliphatic hydroxyl groups excluding tert-OH is 1. The third kappa shape index (κ3) is 2.79. The second-order valence-electron chi connectivity index (χ2n) is 10.5. The highest BCUT2D eigenvalue weighted by molar-refractivity contribution is 6.08. The van der Waals surface area contributed by atoms with Crippen LogP contribution in [0.15, 0.2) is 35.3 Å². The van der Waals surface area contributed by atoms with Gasteiger partial charge in [-0.2, -0.15) is 0 Å². The molecule has 5 unspecified atom stereocenters. The average Bonchev–Trinajstić information content (AvgIpc) is 2.92. The summed E-state index contributed by atoms with van der Waals surface area (Å²) in [6.45, 7) is 15.4. The number of hydrogen-bond acceptors (Lipinski definition) is 4. The Balaban J connectivity index is 1.75. The first kappa shape index (κ1) is 19.8. The van der Waals surface area contributed by atoms with Crippen molar-refractivity contribution in [3.63, 3.8) is 0 Å². The van der Waals surface area contributed by atoms with E-state index in [1.54, 1.807) is 6.08 Å². The summed E-state index contributed by atoms with van der Waals surface area (Å²) in [4.78, 5) is 13.0. The van der Waals surface area contributed by atoms with Gasteiger partial charge in [0.05, 0.1) is 6.04 Å². The van der Waals surface area contributed by atoms with Gasteiger partial charge in [-0.3, -0.25) is 10.1 Å². The van der Waals surface area contributed by atoms with Crippen LogP contribution < -0.4 is 5.32 Å². The van der Waals surface area contributed by atoms with Gasteiger partial charge in [-0.05, 0) is 81.1 Å². The van der Waals surface area contributed by atoms with Gasteiger partial charge in [0.15, 0.2) is 11.5 Å². The molecule has 1 aliphatic heterocycles. The van der Waals surface area contributed by atoms with Crippen molar-refractivity contribution in [2.24, 2.45) is 22.7 Å². The van der Waals surface area contributed by atoms with Crippen molar-refractivity contribution in [3.8, 4) is 0 Å². The second-order valence-corrected chi connectivity index (χ2v) is 10.5. The molecule has 4 rings (SSSR count). The molecule has 28 heavy (non-hydrogen) atoms. The quantitative estimate of drug-likeness (QED) is 0.643. The predicted molar refractivity (Wildman–Crippen MR) is 111 cm³/mol. The van der Waals surface area contributed by atoms with Crippen LogP contribution >= 0.6 is 0 Å². The van der Waals surface area contributed by atoms with Gasteiger partial charge in [0.25, 0.3) is 0 Å². The van der Waals surface area contributed by atoms with E-state index >= 15 is 0 Å².